The number of nitrogens with one attached hydrogen (secondary N) is 1. The van der Waals surface area contributed by atoms with Crippen molar-refractivity contribution < 1.29 is 12.8 Å². The smallest absolute Gasteiger partial charge is 0.242 e. The van der Waals surface area contributed by atoms with E-state index in [1.807, 2.05) is 26.0 Å². The monoisotopic (exact) mass is 308 g/mol. The van der Waals surface area contributed by atoms with Gasteiger partial charge in [-0.05, 0) is 50.1 Å². The fraction of sp³-hybridized carbons (Fsp3) is 0.333. The Kier molecular flexibility index (Phi) is 4.69. The minimum Gasteiger partial charge on any atom is -0.469 e. The Labute approximate surface area is 125 Å². The van der Waals surface area contributed by atoms with Gasteiger partial charge in [0.2, 0.25) is 10.0 Å². The molecule has 1 atom stereocenters. The largest absolute Gasteiger partial charge is 0.469 e. The van der Waals surface area contributed by atoms with Crippen LogP contribution in [0, 0.1) is 6.92 Å². The number of anilines is 1. The molecule has 21 heavy (non-hydrogen) atoms. The molecule has 1 aromatic carbocycles. The summed E-state index contributed by atoms with van der Waals surface area (Å²) in [6.07, 6.45) is 2.94. The Morgan fingerprint density at radius 3 is 2.71 bits per heavy atom. The summed E-state index contributed by atoms with van der Waals surface area (Å²) >= 11 is 0. The van der Waals surface area contributed by atoms with Crippen molar-refractivity contribution in [2.75, 3.05) is 5.73 Å². The molecule has 5 nitrogen and oxygen atoms in total. The molecule has 0 saturated carbocycles. The molecule has 0 aliphatic heterocycles. The molecule has 0 amide bonds. The predicted molar refractivity (Wildman–Crippen MR) is 82.4 cm³/mol. The van der Waals surface area contributed by atoms with E-state index in [-0.39, 0.29) is 16.6 Å². The molecule has 0 aliphatic rings. The maximum Gasteiger partial charge on any atom is 0.242 e. The van der Waals surface area contributed by atoms with Crippen LogP contribution >= 0.6 is 0 Å². The van der Waals surface area contributed by atoms with E-state index >= 15 is 0 Å². The second-order valence-electron chi connectivity index (χ2n) is 5.18. The number of nitrogen functional groups attached to an aromatic ring is 1. The lowest BCUT2D eigenvalue weighted by molar-refractivity contribution is 0.480. The number of hydrogen-bond acceptors (Lipinski definition) is 4. The highest BCUT2D eigenvalue weighted by molar-refractivity contribution is 7.89. The first kappa shape index (κ1) is 15.6. The van der Waals surface area contributed by atoms with Gasteiger partial charge in [0.05, 0.1) is 12.0 Å². The lowest BCUT2D eigenvalue weighted by Crippen LogP contribution is -2.33. The van der Waals surface area contributed by atoms with E-state index in [1.54, 1.807) is 18.4 Å². The van der Waals surface area contributed by atoms with Gasteiger partial charge in [-0.2, -0.15) is 0 Å². The quantitative estimate of drug-likeness (QED) is 0.803. The van der Waals surface area contributed by atoms with Crippen molar-refractivity contribution in [1.82, 2.24) is 4.72 Å². The Bertz CT molecular complexity index is 694. The van der Waals surface area contributed by atoms with Crippen LogP contribution < -0.4 is 10.5 Å². The van der Waals surface area contributed by atoms with Gasteiger partial charge in [-0.15, -0.1) is 0 Å². The van der Waals surface area contributed by atoms with Gasteiger partial charge in [0.25, 0.3) is 0 Å². The molecule has 2 aromatic rings. The molecule has 6 heteroatoms. The summed E-state index contributed by atoms with van der Waals surface area (Å²) in [6.45, 7) is 3.69. The average Bonchev–Trinajstić information content (AvgIpc) is 2.88. The zero-order chi connectivity index (χ0) is 15.5. The van der Waals surface area contributed by atoms with Gasteiger partial charge in [-0.25, -0.2) is 13.1 Å². The van der Waals surface area contributed by atoms with Crippen molar-refractivity contribution in [2.24, 2.45) is 0 Å². The molecular formula is C15H20N2O3S. The van der Waals surface area contributed by atoms with Crippen LogP contribution in [-0.4, -0.2) is 14.5 Å². The van der Waals surface area contributed by atoms with E-state index in [9.17, 15) is 8.42 Å². The van der Waals surface area contributed by atoms with Crippen LogP contribution in [0.25, 0.3) is 0 Å². The highest BCUT2D eigenvalue weighted by Gasteiger charge is 2.20. The molecule has 1 heterocycles. The maximum atomic E-state index is 12.3. The van der Waals surface area contributed by atoms with Crippen LogP contribution in [0.3, 0.4) is 0 Å². The molecule has 0 fully saturated rings. The van der Waals surface area contributed by atoms with Gasteiger partial charge < -0.3 is 10.2 Å². The van der Waals surface area contributed by atoms with E-state index in [1.165, 1.54) is 6.07 Å². The summed E-state index contributed by atoms with van der Waals surface area (Å²) in [5.41, 5.74) is 6.99. The van der Waals surface area contributed by atoms with Crippen LogP contribution in [0.5, 0.6) is 0 Å². The third-order valence-corrected chi connectivity index (χ3v) is 4.88. The first-order valence-electron chi connectivity index (χ1n) is 6.79. The lowest BCUT2D eigenvalue weighted by atomic mass is 10.2. The van der Waals surface area contributed by atoms with Crippen LogP contribution in [-0.2, 0) is 16.4 Å². The molecule has 0 saturated heterocycles. The zero-order valence-corrected chi connectivity index (χ0v) is 13.0. The second kappa shape index (κ2) is 6.32. The van der Waals surface area contributed by atoms with Crippen molar-refractivity contribution in [3.63, 3.8) is 0 Å². The minimum atomic E-state index is -3.60. The minimum absolute atomic E-state index is 0.123. The van der Waals surface area contributed by atoms with Gasteiger partial charge in [0.15, 0.2) is 0 Å². The molecule has 0 aliphatic carbocycles. The van der Waals surface area contributed by atoms with Crippen LogP contribution in [0.2, 0.25) is 0 Å². The Morgan fingerprint density at radius 2 is 2.10 bits per heavy atom. The third kappa shape index (κ3) is 4.09. The molecule has 3 N–H and O–H groups in total. The van der Waals surface area contributed by atoms with Crippen molar-refractivity contribution in [3.05, 3.63) is 47.9 Å². The number of hydrogen-bond donors (Lipinski definition) is 2. The third-order valence-electron chi connectivity index (χ3n) is 3.21. The van der Waals surface area contributed by atoms with Crippen molar-refractivity contribution in [1.29, 1.82) is 0 Å². The lowest BCUT2D eigenvalue weighted by Gasteiger charge is -2.15. The van der Waals surface area contributed by atoms with Crippen LogP contribution in [0.4, 0.5) is 5.69 Å². The van der Waals surface area contributed by atoms with Gasteiger partial charge in [0.1, 0.15) is 10.7 Å². The summed E-state index contributed by atoms with van der Waals surface area (Å²) in [4.78, 5) is 0.123. The van der Waals surface area contributed by atoms with E-state index < -0.39 is 10.0 Å². The average molecular weight is 308 g/mol. The second-order valence-corrected chi connectivity index (χ2v) is 6.86. The highest BCUT2D eigenvalue weighted by atomic mass is 32.2. The summed E-state index contributed by atoms with van der Waals surface area (Å²) < 4.78 is 32.5. The Balaban J connectivity index is 2.02. The summed E-state index contributed by atoms with van der Waals surface area (Å²) in [5, 5.41) is 0. The zero-order valence-electron chi connectivity index (χ0n) is 12.2. The Morgan fingerprint density at radius 1 is 1.33 bits per heavy atom. The topological polar surface area (TPSA) is 85.3 Å². The normalized spacial score (nSPS) is 13.2. The van der Waals surface area contributed by atoms with Gasteiger partial charge >= 0.3 is 0 Å². The first-order chi connectivity index (χ1) is 9.88. The number of sulfonamides is 1. The molecule has 0 bridgehead atoms. The summed E-state index contributed by atoms with van der Waals surface area (Å²) in [7, 11) is -3.60. The van der Waals surface area contributed by atoms with Gasteiger partial charge in [-0.1, -0.05) is 6.07 Å². The maximum absolute atomic E-state index is 12.3. The SMILES string of the molecule is Cc1ccc(S(=O)(=O)NC(C)CCc2ccco2)c(N)c1. The van der Waals surface area contributed by atoms with Gasteiger partial charge in [0, 0.05) is 12.5 Å². The Hall–Kier alpha value is -1.79. The highest BCUT2D eigenvalue weighted by Crippen LogP contribution is 2.20. The van der Waals surface area contributed by atoms with Gasteiger partial charge in [-0.3, -0.25) is 0 Å². The van der Waals surface area contributed by atoms with E-state index in [0.29, 0.717) is 12.8 Å². The number of rotatable bonds is 6. The fourth-order valence-electron chi connectivity index (χ4n) is 2.11. The molecule has 0 radical (unpaired) electrons. The number of aryl methyl sites for hydroxylation is 2. The predicted octanol–water partition coefficient (Wildman–Crippen LogP) is 2.47. The number of nitrogens with two attached hydrogens (primary N) is 1. The van der Waals surface area contributed by atoms with E-state index in [4.69, 9.17) is 10.2 Å². The van der Waals surface area contributed by atoms with Crippen molar-refractivity contribution >= 4 is 15.7 Å². The molecule has 1 aromatic heterocycles. The molecule has 2 rings (SSSR count). The molecule has 1 unspecified atom stereocenters. The van der Waals surface area contributed by atoms with Crippen LogP contribution in [0.15, 0.2) is 45.9 Å². The van der Waals surface area contributed by atoms with E-state index in [2.05, 4.69) is 4.72 Å². The molecular weight excluding hydrogens is 288 g/mol. The summed E-state index contributed by atoms with van der Waals surface area (Å²) in [5.74, 6) is 0.843. The number of furan rings is 1. The number of benzene rings is 1. The molecule has 114 valence electrons. The summed E-state index contributed by atoms with van der Waals surface area (Å²) in [6, 6.07) is 8.41. The van der Waals surface area contributed by atoms with E-state index in [0.717, 1.165) is 11.3 Å². The van der Waals surface area contributed by atoms with Crippen molar-refractivity contribution in [2.45, 2.75) is 37.6 Å². The standard InChI is InChI=1S/C15H20N2O3S/c1-11-5-8-15(14(16)10-11)21(18,19)17-12(2)6-7-13-4-3-9-20-13/h3-5,8-10,12,17H,6-7,16H2,1-2H3. The van der Waals surface area contributed by atoms with Crippen molar-refractivity contribution in [3.8, 4) is 0 Å². The van der Waals surface area contributed by atoms with Crippen LogP contribution in [0.1, 0.15) is 24.7 Å². The molecule has 0 spiro atoms. The fourth-order valence-corrected chi connectivity index (χ4v) is 3.50. The first-order valence-corrected chi connectivity index (χ1v) is 8.27.